The van der Waals surface area contributed by atoms with Crippen LogP contribution in [0.15, 0.2) is 40.4 Å². The van der Waals surface area contributed by atoms with E-state index >= 15 is 0 Å². The molecular formula is C16H14N2OS2. The number of rotatable bonds is 3. The highest BCUT2D eigenvalue weighted by atomic mass is 32.1. The number of thiazole rings is 1. The summed E-state index contributed by atoms with van der Waals surface area (Å²) >= 11 is 3.11. The predicted octanol–water partition coefficient (Wildman–Crippen LogP) is 4.74. The number of carbonyl (C=O) groups is 1. The Hall–Kier alpha value is -1.98. The molecule has 5 heteroatoms. The highest BCUT2D eigenvalue weighted by Crippen LogP contribution is 2.26. The molecule has 0 aliphatic rings. The first-order valence-electron chi connectivity index (χ1n) is 6.50. The average molecular weight is 314 g/mol. The number of hydrogen-bond donors (Lipinski definition) is 1. The average Bonchev–Trinajstić information content (AvgIpc) is 3.12. The van der Waals surface area contributed by atoms with Gasteiger partial charge in [0.15, 0.2) is 0 Å². The summed E-state index contributed by atoms with van der Waals surface area (Å²) in [5.74, 6) is -0.170. The lowest BCUT2D eigenvalue weighted by Crippen LogP contribution is -2.12. The molecule has 0 saturated carbocycles. The van der Waals surface area contributed by atoms with Crippen LogP contribution in [0.4, 0.5) is 5.69 Å². The summed E-state index contributed by atoms with van der Waals surface area (Å²) < 4.78 is 0. The van der Waals surface area contributed by atoms with E-state index in [1.807, 2.05) is 41.9 Å². The van der Waals surface area contributed by atoms with Crippen LogP contribution in [0.2, 0.25) is 0 Å². The molecule has 0 atom stereocenters. The Morgan fingerprint density at radius 2 is 2.00 bits per heavy atom. The number of carbonyl (C=O) groups excluding carboxylic acids is 1. The van der Waals surface area contributed by atoms with E-state index < -0.39 is 0 Å². The van der Waals surface area contributed by atoms with Crippen LogP contribution >= 0.6 is 22.7 Å². The van der Waals surface area contributed by atoms with Crippen molar-refractivity contribution in [1.82, 2.24) is 4.98 Å². The number of nitrogens with one attached hydrogen (secondary N) is 1. The Kier molecular flexibility index (Phi) is 3.86. The van der Waals surface area contributed by atoms with Gasteiger partial charge in [-0.3, -0.25) is 4.79 Å². The van der Waals surface area contributed by atoms with Gasteiger partial charge in [-0.05, 0) is 48.6 Å². The van der Waals surface area contributed by atoms with E-state index in [0.717, 1.165) is 21.8 Å². The maximum absolute atomic E-state index is 12.2. The second-order valence-corrected chi connectivity index (χ2v) is 6.44. The first kappa shape index (κ1) is 14.0. The van der Waals surface area contributed by atoms with Gasteiger partial charge in [0.25, 0.3) is 5.91 Å². The smallest absolute Gasteiger partial charge is 0.275 e. The molecule has 0 radical (unpaired) electrons. The van der Waals surface area contributed by atoms with Crippen molar-refractivity contribution in [1.29, 1.82) is 0 Å². The van der Waals surface area contributed by atoms with Crippen LogP contribution in [-0.4, -0.2) is 10.9 Å². The van der Waals surface area contributed by atoms with Crippen LogP contribution < -0.4 is 5.32 Å². The number of amides is 1. The predicted molar refractivity (Wildman–Crippen MR) is 89.3 cm³/mol. The number of anilines is 1. The molecule has 106 valence electrons. The SMILES string of the molecule is Cc1ccc(NC(=O)c2csc(-c3ccsc3)n2)cc1C. The fraction of sp³-hybridized carbons (Fsp3) is 0.125. The van der Waals surface area contributed by atoms with Crippen molar-refractivity contribution in [3.63, 3.8) is 0 Å². The van der Waals surface area contributed by atoms with Crippen molar-refractivity contribution in [2.45, 2.75) is 13.8 Å². The molecule has 0 bridgehead atoms. The van der Waals surface area contributed by atoms with Gasteiger partial charge in [0, 0.05) is 22.0 Å². The largest absolute Gasteiger partial charge is 0.321 e. The van der Waals surface area contributed by atoms with E-state index in [1.165, 1.54) is 16.9 Å². The Bertz CT molecular complexity index is 775. The van der Waals surface area contributed by atoms with Gasteiger partial charge in [0.1, 0.15) is 10.7 Å². The van der Waals surface area contributed by atoms with E-state index in [-0.39, 0.29) is 5.91 Å². The molecule has 0 aliphatic heterocycles. The molecule has 1 aromatic carbocycles. The molecule has 0 aliphatic carbocycles. The summed E-state index contributed by atoms with van der Waals surface area (Å²) in [6.07, 6.45) is 0. The van der Waals surface area contributed by atoms with Gasteiger partial charge in [-0.2, -0.15) is 11.3 Å². The fourth-order valence-corrected chi connectivity index (χ4v) is 3.42. The van der Waals surface area contributed by atoms with E-state index in [9.17, 15) is 4.79 Å². The number of aryl methyl sites for hydroxylation is 2. The lowest BCUT2D eigenvalue weighted by Gasteiger charge is -2.06. The summed E-state index contributed by atoms with van der Waals surface area (Å²) in [6.45, 7) is 4.08. The molecule has 3 nitrogen and oxygen atoms in total. The van der Waals surface area contributed by atoms with Crippen LogP contribution in [0, 0.1) is 13.8 Å². The van der Waals surface area contributed by atoms with Crippen LogP contribution in [0.25, 0.3) is 10.6 Å². The minimum Gasteiger partial charge on any atom is -0.321 e. The molecule has 0 fully saturated rings. The van der Waals surface area contributed by atoms with Crippen molar-refractivity contribution in [3.05, 3.63) is 57.2 Å². The molecule has 2 heterocycles. The fourth-order valence-electron chi connectivity index (χ4n) is 1.91. The third kappa shape index (κ3) is 3.04. The summed E-state index contributed by atoms with van der Waals surface area (Å²) in [5, 5.41) is 9.60. The second kappa shape index (κ2) is 5.79. The van der Waals surface area contributed by atoms with Crippen molar-refractivity contribution in [3.8, 4) is 10.6 Å². The Labute approximate surface area is 131 Å². The van der Waals surface area contributed by atoms with E-state index in [1.54, 1.807) is 16.7 Å². The number of hydrogen-bond acceptors (Lipinski definition) is 4. The molecule has 21 heavy (non-hydrogen) atoms. The second-order valence-electron chi connectivity index (χ2n) is 4.80. The molecule has 0 saturated heterocycles. The van der Waals surface area contributed by atoms with Crippen molar-refractivity contribution < 1.29 is 4.79 Å². The minimum atomic E-state index is -0.170. The first-order chi connectivity index (χ1) is 10.1. The molecule has 3 rings (SSSR count). The highest BCUT2D eigenvalue weighted by molar-refractivity contribution is 7.14. The van der Waals surface area contributed by atoms with Gasteiger partial charge in [0.05, 0.1) is 0 Å². The molecule has 1 N–H and O–H groups in total. The lowest BCUT2D eigenvalue weighted by molar-refractivity contribution is 0.102. The topological polar surface area (TPSA) is 42.0 Å². The third-order valence-electron chi connectivity index (χ3n) is 3.27. The zero-order valence-electron chi connectivity index (χ0n) is 11.7. The van der Waals surface area contributed by atoms with Gasteiger partial charge in [0.2, 0.25) is 0 Å². The summed E-state index contributed by atoms with van der Waals surface area (Å²) in [5.41, 5.74) is 4.69. The number of benzene rings is 1. The molecular weight excluding hydrogens is 300 g/mol. The molecule has 3 aromatic rings. The Balaban J connectivity index is 1.78. The van der Waals surface area contributed by atoms with Crippen LogP contribution in [0.1, 0.15) is 21.6 Å². The van der Waals surface area contributed by atoms with E-state index in [4.69, 9.17) is 0 Å². The van der Waals surface area contributed by atoms with Crippen LogP contribution in [0.3, 0.4) is 0 Å². The molecule has 0 spiro atoms. The Morgan fingerprint density at radius 3 is 2.71 bits per heavy atom. The van der Waals surface area contributed by atoms with E-state index in [2.05, 4.69) is 17.2 Å². The maximum atomic E-state index is 12.2. The highest BCUT2D eigenvalue weighted by Gasteiger charge is 2.12. The van der Waals surface area contributed by atoms with Crippen LogP contribution in [-0.2, 0) is 0 Å². The number of aromatic nitrogens is 1. The van der Waals surface area contributed by atoms with Gasteiger partial charge >= 0.3 is 0 Å². The standard InChI is InChI=1S/C16H14N2OS2/c1-10-3-4-13(7-11(10)2)17-15(19)14-9-21-16(18-14)12-5-6-20-8-12/h3-9H,1-2H3,(H,17,19). The minimum absolute atomic E-state index is 0.170. The zero-order valence-corrected chi connectivity index (χ0v) is 13.3. The zero-order chi connectivity index (χ0) is 14.8. The molecule has 2 aromatic heterocycles. The van der Waals surface area contributed by atoms with Crippen LogP contribution in [0.5, 0.6) is 0 Å². The van der Waals surface area contributed by atoms with E-state index in [0.29, 0.717) is 5.69 Å². The van der Waals surface area contributed by atoms with Crippen molar-refractivity contribution >= 4 is 34.3 Å². The Morgan fingerprint density at radius 1 is 1.14 bits per heavy atom. The normalized spacial score (nSPS) is 10.6. The van der Waals surface area contributed by atoms with Gasteiger partial charge < -0.3 is 5.32 Å². The van der Waals surface area contributed by atoms with Crippen molar-refractivity contribution in [2.75, 3.05) is 5.32 Å². The molecule has 1 amide bonds. The monoisotopic (exact) mass is 314 g/mol. The third-order valence-corrected chi connectivity index (χ3v) is 4.84. The number of thiophene rings is 1. The summed E-state index contributed by atoms with van der Waals surface area (Å²) in [4.78, 5) is 16.6. The maximum Gasteiger partial charge on any atom is 0.275 e. The van der Waals surface area contributed by atoms with Gasteiger partial charge in [-0.25, -0.2) is 4.98 Å². The summed E-state index contributed by atoms with van der Waals surface area (Å²) in [6, 6.07) is 7.89. The quantitative estimate of drug-likeness (QED) is 0.758. The summed E-state index contributed by atoms with van der Waals surface area (Å²) in [7, 11) is 0. The van der Waals surface area contributed by atoms with Crippen molar-refractivity contribution in [2.24, 2.45) is 0 Å². The lowest BCUT2D eigenvalue weighted by atomic mass is 10.1. The first-order valence-corrected chi connectivity index (χ1v) is 8.32. The molecule has 0 unspecified atom stereocenters. The van der Waals surface area contributed by atoms with Gasteiger partial charge in [-0.1, -0.05) is 6.07 Å². The van der Waals surface area contributed by atoms with Gasteiger partial charge in [-0.15, -0.1) is 11.3 Å². The number of nitrogens with zero attached hydrogens (tertiary/aromatic N) is 1.